The van der Waals surface area contributed by atoms with Crippen LogP contribution in [0.2, 0.25) is 0 Å². The first kappa shape index (κ1) is 18.5. The zero-order valence-electron chi connectivity index (χ0n) is 13.9. The Balaban J connectivity index is 2.36. The Hall–Kier alpha value is -3.82. The van der Waals surface area contributed by atoms with Crippen molar-refractivity contribution in [1.82, 2.24) is 5.01 Å². The molecule has 0 saturated heterocycles. The standard InChI is InChI=1S/C16H14N4O6/c1-18(2)17-10-11-5-3-4-6-15(11)26-16(21)12-7-13(19(22)23)9-14(8-12)20(24)25/h3-10H,1-2H3. The molecular formula is C16H14N4O6. The van der Waals surface area contributed by atoms with Crippen molar-refractivity contribution in [2.24, 2.45) is 5.10 Å². The Morgan fingerprint density at radius 1 is 1.08 bits per heavy atom. The summed E-state index contributed by atoms with van der Waals surface area (Å²) in [6.07, 6.45) is 1.47. The largest absolute Gasteiger partial charge is 0.422 e. The minimum Gasteiger partial charge on any atom is -0.422 e. The number of carbonyl (C=O) groups is 1. The highest BCUT2D eigenvalue weighted by Gasteiger charge is 2.21. The summed E-state index contributed by atoms with van der Waals surface area (Å²) in [6, 6.07) is 9.14. The quantitative estimate of drug-likeness (QED) is 0.255. The molecule has 0 aliphatic heterocycles. The number of nitrogens with zero attached hydrogens (tertiary/aromatic N) is 4. The number of non-ortho nitro benzene ring substituents is 2. The molecule has 0 spiro atoms. The fourth-order valence-corrected chi connectivity index (χ4v) is 1.94. The third-order valence-electron chi connectivity index (χ3n) is 3.11. The maximum atomic E-state index is 12.3. The van der Waals surface area contributed by atoms with Crippen LogP contribution >= 0.6 is 0 Å². The zero-order valence-corrected chi connectivity index (χ0v) is 13.9. The van der Waals surface area contributed by atoms with E-state index in [9.17, 15) is 25.0 Å². The van der Waals surface area contributed by atoms with E-state index in [2.05, 4.69) is 5.10 Å². The molecule has 0 N–H and O–H groups in total. The second kappa shape index (κ2) is 7.83. The van der Waals surface area contributed by atoms with Gasteiger partial charge in [-0.2, -0.15) is 5.10 Å². The van der Waals surface area contributed by atoms with Crippen LogP contribution in [-0.2, 0) is 0 Å². The number of hydrazone groups is 1. The van der Waals surface area contributed by atoms with Crippen LogP contribution in [0.4, 0.5) is 11.4 Å². The van der Waals surface area contributed by atoms with E-state index in [1.165, 1.54) is 12.3 Å². The molecule has 0 bridgehead atoms. The average Bonchev–Trinajstić information content (AvgIpc) is 2.60. The molecule has 0 fully saturated rings. The highest BCUT2D eigenvalue weighted by molar-refractivity contribution is 5.94. The molecule has 0 radical (unpaired) electrons. The lowest BCUT2D eigenvalue weighted by atomic mass is 10.1. The van der Waals surface area contributed by atoms with Crippen LogP contribution in [0.25, 0.3) is 0 Å². The molecule has 0 aromatic heterocycles. The maximum absolute atomic E-state index is 12.3. The van der Waals surface area contributed by atoms with Crippen LogP contribution in [0.15, 0.2) is 47.6 Å². The zero-order chi connectivity index (χ0) is 19.3. The Morgan fingerprint density at radius 3 is 2.19 bits per heavy atom. The van der Waals surface area contributed by atoms with Gasteiger partial charge in [-0.1, -0.05) is 12.1 Å². The first-order valence-electron chi connectivity index (χ1n) is 7.24. The fourth-order valence-electron chi connectivity index (χ4n) is 1.94. The molecule has 10 nitrogen and oxygen atoms in total. The Kier molecular flexibility index (Phi) is 5.58. The number of para-hydroxylation sites is 1. The highest BCUT2D eigenvalue weighted by Crippen LogP contribution is 2.24. The summed E-state index contributed by atoms with van der Waals surface area (Å²) >= 11 is 0. The first-order chi connectivity index (χ1) is 12.3. The number of nitro benzene ring substituents is 2. The van der Waals surface area contributed by atoms with Crippen molar-refractivity contribution in [3.8, 4) is 5.75 Å². The lowest BCUT2D eigenvalue weighted by molar-refractivity contribution is -0.394. The smallest absolute Gasteiger partial charge is 0.344 e. The summed E-state index contributed by atoms with van der Waals surface area (Å²) in [5, 5.41) is 27.4. The number of hydrogen-bond acceptors (Lipinski definition) is 8. The van der Waals surface area contributed by atoms with E-state index in [1.807, 2.05) is 0 Å². The number of nitro groups is 2. The summed E-state index contributed by atoms with van der Waals surface area (Å²) < 4.78 is 5.24. The molecule has 2 aromatic carbocycles. The lowest BCUT2D eigenvalue weighted by Gasteiger charge is -2.08. The van der Waals surface area contributed by atoms with Crippen LogP contribution in [-0.4, -0.2) is 41.1 Å². The highest BCUT2D eigenvalue weighted by atomic mass is 16.6. The Morgan fingerprint density at radius 2 is 1.65 bits per heavy atom. The van der Waals surface area contributed by atoms with Gasteiger partial charge in [0, 0.05) is 31.8 Å². The SMILES string of the molecule is CN(C)N=Cc1ccccc1OC(=O)c1cc([N+](=O)[O-])cc([N+](=O)[O-])c1. The van der Waals surface area contributed by atoms with Crippen LogP contribution in [0, 0.1) is 20.2 Å². The van der Waals surface area contributed by atoms with Crippen molar-refractivity contribution in [2.45, 2.75) is 0 Å². The van der Waals surface area contributed by atoms with Crippen molar-refractivity contribution in [1.29, 1.82) is 0 Å². The molecule has 0 amide bonds. The summed E-state index contributed by atoms with van der Waals surface area (Å²) in [6.45, 7) is 0. The molecule has 0 aliphatic rings. The molecule has 10 heteroatoms. The molecule has 26 heavy (non-hydrogen) atoms. The van der Waals surface area contributed by atoms with Gasteiger partial charge >= 0.3 is 5.97 Å². The van der Waals surface area contributed by atoms with E-state index in [0.29, 0.717) is 5.56 Å². The number of carbonyl (C=O) groups excluding carboxylic acids is 1. The molecule has 0 heterocycles. The van der Waals surface area contributed by atoms with E-state index in [0.717, 1.165) is 18.2 Å². The summed E-state index contributed by atoms with van der Waals surface area (Å²) in [5.74, 6) is -0.792. The van der Waals surface area contributed by atoms with Crippen LogP contribution < -0.4 is 4.74 Å². The van der Waals surface area contributed by atoms with Gasteiger partial charge in [0.25, 0.3) is 11.4 Å². The normalized spacial score (nSPS) is 10.5. The van der Waals surface area contributed by atoms with Crippen molar-refractivity contribution >= 4 is 23.6 Å². The minimum atomic E-state index is -0.956. The van der Waals surface area contributed by atoms with Crippen LogP contribution in [0.3, 0.4) is 0 Å². The van der Waals surface area contributed by atoms with Gasteiger partial charge in [0.1, 0.15) is 5.75 Å². The Bertz CT molecular complexity index is 862. The average molecular weight is 358 g/mol. The van der Waals surface area contributed by atoms with E-state index in [-0.39, 0.29) is 11.3 Å². The summed E-state index contributed by atoms with van der Waals surface area (Å²) in [5.41, 5.74) is -0.957. The van der Waals surface area contributed by atoms with Gasteiger partial charge in [-0.15, -0.1) is 0 Å². The van der Waals surface area contributed by atoms with Gasteiger partial charge in [-0.25, -0.2) is 4.79 Å². The van der Waals surface area contributed by atoms with E-state index < -0.39 is 27.2 Å². The topological polar surface area (TPSA) is 128 Å². The number of rotatable bonds is 6. The van der Waals surface area contributed by atoms with Crippen LogP contribution in [0.1, 0.15) is 15.9 Å². The molecular weight excluding hydrogens is 344 g/mol. The first-order valence-corrected chi connectivity index (χ1v) is 7.24. The number of hydrogen-bond donors (Lipinski definition) is 0. The number of benzene rings is 2. The molecule has 2 aromatic rings. The second-order valence-corrected chi connectivity index (χ2v) is 5.27. The third-order valence-corrected chi connectivity index (χ3v) is 3.11. The lowest BCUT2D eigenvalue weighted by Crippen LogP contribution is -2.11. The van der Waals surface area contributed by atoms with Crippen molar-refractivity contribution in [3.05, 3.63) is 73.8 Å². The molecule has 0 saturated carbocycles. The molecule has 2 rings (SSSR count). The summed E-state index contributed by atoms with van der Waals surface area (Å²) in [4.78, 5) is 32.5. The molecule has 0 aliphatic carbocycles. The van der Waals surface area contributed by atoms with Crippen molar-refractivity contribution in [2.75, 3.05) is 14.1 Å². The Labute approximate surface area is 147 Å². The van der Waals surface area contributed by atoms with E-state index in [4.69, 9.17) is 4.74 Å². The monoisotopic (exact) mass is 358 g/mol. The number of esters is 1. The van der Waals surface area contributed by atoms with E-state index in [1.54, 1.807) is 37.3 Å². The van der Waals surface area contributed by atoms with Gasteiger partial charge in [0.2, 0.25) is 0 Å². The molecule has 0 unspecified atom stereocenters. The third kappa shape index (κ3) is 4.60. The van der Waals surface area contributed by atoms with Gasteiger partial charge < -0.3 is 9.75 Å². The van der Waals surface area contributed by atoms with Gasteiger partial charge in [-0.3, -0.25) is 20.2 Å². The maximum Gasteiger partial charge on any atom is 0.344 e. The molecule has 0 atom stereocenters. The van der Waals surface area contributed by atoms with Gasteiger partial charge in [0.15, 0.2) is 0 Å². The minimum absolute atomic E-state index is 0.164. The van der Waals surface area contributed by atoms with Gasteiger partial charge in [-0.05, 0) is 12.1 Å². The van der Waals surface area contributed by atoms with Crippen molar-refractivity contribution < 1.29 is 19.4 Å². The van der Waals surface area contributed by atoms with Crippen molar-refractivity contribution in [3.63, 3.8) is 0 Å². The predicted molar refractivity (Wildman–Crippen MR) is 92.4 cm³/mol. The fraction of sp³-hybridized carbons (Fsp3) is 0.125. The predicted octanol–water partition coefficient (Wildman–Crippen LogP) is 2.62. The summed E-state index contributed by atoms with van der Waals surface area (Å²) in [7, 11) is 3.43. The van der Waals surface area contributed by atoms with Crippen LogP contribution in [0.5, 0.6) is 5.75 Å². The van der Waals surface area contributed by atoms with Gasteiger partial charge in [0.05, 0.1) is 27.7 Å². The number of ether oxygens (including phenoxy) is 1. The van der Waals surface area contributed by atoms with E-state index >= 15 is 0 Å². The second-order valence-electron chi connectivity index (χ2n) is 5.27. The molecule has 134 valence electrons.